The Morgan fingerprint density at radius 1 is 1.19 bits per heavy atom. The van der Waals surface area contributed by atoms with Gasteiger partial charge in [0.05, 0.1) is 10.7 Å². The molecule has 0 unspecified atom stereocenters. The highest BCUT2D eigenvalue weighted by Crippen LogP contribution is 2.15. The lowest BCUT2D eigenvalue weighted by Gasteiger charge is -2.13. The molecular weight excluding hydrogens is 289 g/mol. The standard InChI is InChI=1S/C16H15ClFN3/c1-11(12-2-5-14(18)6-3-12)19-8-15-10-21-9-13(17)4-7-16(21)20-15/h2-7,9-11,19H,8H2,1H3/t11-/m0/s1. The molecule has 108 valence electrons. The Morgan fingerprint density at radius 3 is 2.71 bits per heavy atom. The van der Waals surface area contributed by atoms with Crippen molar-refractivity contribution in [3.8, 4) is 0 Å². The summed E-state index contributed by atoms with van der Waals surface area (Å²) >= 11 is 5.95. The van der Waals surface area contributed by atoms with Crippen molar-refractivity contribution in [1.82, 2.24) is 14.7 Å². The Bertz CT molecular complexity index is 752. The van der Waals surface area contributed by atoms with Gasteiger partial charge >= 0.3 is 0 Å². The van der Waals surface area contributed by atoms with Crippen LogP contribution in [0.5, 0.6) is 0 Å². The van der Waals surface area contributed by atoms with E-state index in [1.165, 1.54) is 12.1 Å². The first-order chi connectivity index (χ1) is 10.1. The molecule has 1 N–H and O–H groups in total. The number of fused-ring (bicyclic) bond motifs is 1. The third kappa shape index (κ3) is 3.23. The van der Waals surface area contributed by atoms with Gasteiger partial charge in [0.25, 0.3) is 0 Å². The highest BCUT2D eigenvalue weighted by atomic mass is 35.5. The predicted molar refractivity (Wildman–Crippen MR) is 81.9 cm³/mol. The topological polar surface area (TPSA) is 29.3 Å². The summed E-state index contributed by atoms with van der Waals surface area (Å²) in [5.41, 5.74) is 2.85. The second-order valence-corrected chi connectivity index (χ2v) is 5.44. The van der Waals surface area contributed by atoms with Crippen molar-refractivity contribution in [3.63, 3.8) is 0 Å². The van der Waals surface area contributed by atoms with Gasteiger partial charge in [0.2, 0.25) is 0 Å². The van der Waals surface area contributed by atoms with E-state index in [0.29, 0.717) is 11.6 Å². The van der Waals surface area contributed by atoms with E-state index < -0.39 is 0 Å². The van der Waals surface area contributed by atoms with Gasteiger partial charge < -0.3 is 9.72 Å². The van der Waals surface area contributed by atoms with Crippen LogP contribution in [-0.2, 0) is 6.54 Å². The lowest BCUT2D eigenvalue weighted by molar-refractivity contribution is 0.566. The molecule has 1 aromatic carbocycles. The van der Waals surface area contributed by atoms with Crippen LogP contribution < -0.4 is 5.32 Å². The summed E-state index contributed by atoms with van der Waals surface area (Å²) in [6.07, 6.45) is 3.78. The Morgan fingerprint density at radius 2 is 1.95 bits per heavy atom. The number of imidazole rings is 1. The molecule has 0 saturated carbocycles. The summed E-state index contributed by atoms with van der Waals surface area (Å²) in [7, 11) is 0. The molecule has 0 fully saturated rings. The number of halogens is 2. The van der Waals surface area contributed by atoms with Crippen molar-refractivity contribution >= 4 is 17.2 Å². The Hall–Kier alpha value is -1.91. The van der Waals surface area contributed by atoms with Crippen LogP contribution in [0.1, 0.15) is 24.2 Å². The first-order valence-electron chi connectivity index (χ1n) is 6.74. The van der Waals surface area contributed by atoms with Gasteiger partial charge in [0.15, 0.2) is 0 Å². The molecule has 3 aromatic rings. The molecule has 0 amide bonds. The highest BCUT2D eigenvalue weighted by Gasteiger charge is 2.07. The number of aromatic nitrogens is 2. The zero-order valence-electron chi connectivity index (χ0n) is 11.6. The predicted octanol–water partition coefficient (Wildman–Crippen LogP) is 3.98. The third-order valence-electron chi connectivity index (χ3n) is 3.42. The molecule has 0 radical (unpaired) electrons. The number of rotatable bonds is 4. The number of benzene rings is 1. The Labute approximate surface area is 127 Å². The zero-order chi connectivity index (χ0) is 14.8. The van der Waals surface area contributed by atoms with Crippen LogP contribution in [0.2, 0.25) is 5.02 Å². The summed E-state index contributed by atoms with van der Waals surface area (Å²) in [6.45, 7) is 2.68. The summed E-state index contributed by atoms with van der Waals surface area (Å²) in [4.78, 5) is 4.52. The van der Waals surface area contributed by atoms with Crippen LogP contribution in [0.3, 0.4) is 0 Å². The van der Waals surface area contributed by atoms with Crippen molar-refractivity contribution in [1.29, 1.82) is 0 Å². The molecule has 3 nitrogen and oxygen atoms in total. The zero-order valence-corrected chi connectivity index (χ0v) is 12.3. The number of nitrogens with zero attached hydrogens (tertiary/aromatic N) is 2. The van der Waals surface area contributed by atoms with Gasteiger partial charge in [-0.25, -0.2) is 9.37 Å². The molecule has 0 spiro atoms. The molecular formula is C16H15ClFN3. The van der Waals surface area contributed by atoms with Crippen molar-refractivity contribution in [2.24, 2.45) is 0 Å². The molecule has 2 aromatic heterocycles. The first-order valence-corrected chi connectivity index (χ1v) is 7.11. The lowest BCUT2D eigenvalue weighted by Crippen LogP contribution is -2.18. The molecule has 0 saturated heterocycles. The van der Waals surface area contributed by atoms with Gasteiger partial charge in [-0.1, -0.05) is 23.7 Å². The van der Waals surface area contributed by atoms with Gasteiger partial charge in [-0.3, -0.25) is 0 Å². The molecule has 21 heavy (non-hydrogen) atoms. The maximum Gasteiger partial charge on any atom is 0.137 e. The molecule has 2 heterocycles. The van der Waals surface area contributed by atoms with Gasteiger partial charge in [0.1, 0.15) is 11.5 Å². The number of hydrogen-bond acceptors (Lipinski definition) is 2. The van der Waals surface area contributed by atoms with E-state index in [4.69, 9.17) is 11.6 Å². The van der Waals surface area contributed by atoms with Crippen molar-refractivity contribution < 1.29 is 4.39 Å². The summed E-state index contributed by atoms with van der Waals surface area (Å²) in [5.74, 6) is -0.219. The van der Waals surface area contributed by atoms with Crippen LogP contribution in [0.15, 0.2) is 48.8 Å². The van der Waals surface area contributed by atoms with Crippen LogP contribution >= 0.6 is 11.6 Å². The van der Waals surface area contributed by atoms with E-state index in [9.17, 15) is 4.39 Å². The quantitative estimate of drug-likeness (QED) is 0.790. The molecule has 5 heteroatoms. The van der Waals surface area contributed by atoms with E-state index in [0.717, 1.165) is 16.9 Å². The van der Waals surface area contributed by atoms with Gasteiger partial charge in [-0.2, -0.15) is 0 Å². The summed E-state index contributed by atoms with van der Waals surface area (Å²) < 4.78 is 14.8. The lowest BCUT2D eigenvalue weighted by atomic mass is 10.1. The maximum absolute atomic E-state index is 12.9. The van der Waals surface area contributed by atoms with E-state index >= 15 is 0 Å². The summed E-state index contributed by atoms with van der Waals surface area (Å²) in [5, 5.41) is 4.06. The fourth-order valence-corrected chi connectivity index (χ4v) is 2.40. The number of nitrogens with one attached hydrogen (secondary N) is 1. The third-order valence-corrected chi connectivity index (χ3v) is 3.65. The molecule has 0 bridgehead atoms. The van der Waals surface area contributed by atoms with Crippen LogP contribution in [-0.4, -0.2) is 9.38 Å². The minimum atomic E-state index is -0.219. The van der Waals surface area contributed by atoms with Crippen LogP contribution in [0.25, 0.3) is 5.65 Å². The van der Waals surface area contributed by atoms with Crippen molar-refractivity contribution in [2.75, 3.05) is 0 Å². The van der Waals surface area contributed by atoms with Crippen LogP contribution in [0.4, 0.5) is 4.39 Å². The Balaban J connectivity index is 1.69. The van der Waals surface area contributed by atoms with Gasteiger partial charge in [0, 0.05) is 25.0 Å². The minimum absolute atomic E-state index is 0.124. The normalized spacial score (nSPS) is 12.7. The molecule has 0 aliphatic carbocycles. The van der Waals surface area contributed by atoms with Gasteiger partial charge in [-0.15, -0.1) is 0 Å². The first kappa shape index (κ1) is 14.0. The van der Waals surface area contributed by atoms with E-state index in [1.54, 1.807) is 12.1 Å². The SMILES string of the molecule is C[C@H](NCc1cn2cc(Cl)ccc2n1)c1ccc(F)cc1. The largest absolute Gasteiger partial charge is 0.305 e. The van der Waals surface area contributed by atoms with Crippen molar-refractivity contribution in [3.05, 3.63) is 70.9 Å². The van der Waals surface area contributed by atoms with E-state index in [1.807, 2.05) is 35.9 Å². The highest BCUT2D eigenvalue weighted by molar-refractivity contribution is 6.30. The van der Waals surface area contributed by atoms with Crippen LogP contribution in [0, 0.1) is 5.82 Å². The fourth-order valence-electron chi connectivity index (χ4n) is 2.23. The fraction of sp³-hybridized carbons (Fsp3) is 0.188. The van der Waals surface area contributed by atoms with Crippen molar-refractivity contribution in [2.45, 2.75) is 19.5 Å². The summed E-state index contributed by atoms with van der Waals surface area (Å²) in [6, 6.07) is 10.4. The second-order valence-electron chi connectivity index (χ2n) is 5.00. The molecule has 0 aliphatic heterocycles. The second kappa shape index (κ2) is 5.84. The number of hydrogen-bond donors (Lipinski definition) is 1. The number of pyridine rings is 1. The minimum Gasteiger partial charge on any atom is -0.305 e. The molecule has 3 rings (SSSR count). The smallest absolute Gasteiger partial charge is 0.137 e. The average Bonchev–Trinajstić information content (AvgIpc) is 2.87. The molecule has 0 aliphatic rings. The maximum atomic E-state index is 12.9. The molecule has 1 atom stereocenters. The van der Waals surface area contributed by atoms with E-state index in [2.05, 4.69) is 10.3 Å². The Kier molecular flexibility index (Phi) is 3.90. The van der Waals surface area contributed by atoms with E-state index in [-0.39, 0.29) is 11.9 Å². The van der Waals surface area contributed by atoms with Gasteiger partial charge in [-0.05, 0) is 36.8 Å². The monoisotopic (exact) mass is 303 g/mol. The average molecular weight is 304 g/mol.